The van der Waals surface area contributed by atoms with Crippen LogP contribution in [0.25, 0.3) is 0 Å². The Kier molecular flexibility index (Phi) is 5.99. The lowest BCUT2D eigenvalue weighted by atomic mass is 10.1. The Morgan fingerprint density at radius 1 is 1.18 bits per heavy atom. The monoisotopic (exact) mass is 382 g/mol. The van der Waals surface area contributed by atoms with E-state index in [1.54, 1.807) is 23.1 Å². The van der Waals surface area contributed by atoms with Gasteiger partial charge < -0.3 is 19.3 Å². The van der Waals surface area contributed by atoms with Crippen molar-refractivity contribution >= 4 is 17.6 Å². The van der Waals surface area contributed by atoms with Crippen molar-refractivity contribution in [3.8, 4) is 5.75 Å². The molecule has 1 atom stereocenters. The van der Waals surface area contributed by atoms with E-state index >= 15 is 0 Å². The molecule has 0 aromatic heterocycles. The molecule has 0 spiro atoms. The zero-order chi connectivity index (χ0) is 20.3. The van der Waals surface area contributed by atoms with Crippen molar-refractivity contribution in [3.63, 3.8) is 0 Å². The van der Waals surface area contributed by atoms with Crippen LogP contribution in [0.1, 0.15) is 27.9 Å². The molecule has 3 rings (SSSR count). The van der Waals surface area contributed by atoms with E-state index in [1.165, 1.54) is 7.11 Å². The third-order valence-electron chi connectivity index (χ3n) is 4.78. The van der Waals surface area contributed by atoms with Crippen molar-refractivity contribution in [3.05, 3.63) is 59.2 Å². The van der Waals surface area contributed by atoms with Gasteiger partial charge in [0.1, 0.15) is 5.75 Å². The summed E-state index contributed by atoms with van der Waals surface area (Å²) in [6, 6.07) is 13.1. The number of carbonyl (C=O) groups excluding carboxylic acids is 2. The zero-order valence-corrected chi connectivity index (χ0v) is 16.8. The number of benzene rings is 2. The van der Waals surface area contributed by atoms with Crippen LogP contribution >= 0.6 is 0 Å². The van der Waals surface area contributed by atoms with Crippen LogP contribution in [-0.2, 0) is 16.1 Å². The third kappa shape index (κ3) is 4.34. The molecule has 2 aromatic carbocycles. The van der Waals surface area contributed by atoms with E-state index in [4.69, 9.17) is 9.47 Å². The van der Waals surface area contributed by atoms with Crippen molar-refractivity contribution in [2.45, 2.75) is 26.0 Å². The van der Waals surface area contributed by atoms with E-state index in [0.717, 1.165) is 17.7 Å². The predicted octanol–water partition coefficient (Wildman–Crippen LogP) is 3.03. The molecule has 0 bridgehead atoms. The number of hydrogen-bond acceptors (Lipinski definition) is 5. The molecule has 0 saturated heterocycles. The van der Waals surface area contributed by atoms with Crippen LogP contribution in [-0.4, -0.2) is 50.6 Å². The highest BCUT2D eigenvalue weighted by Gasteiger charge is 2.34. The number of carbonyl (C=O) groups is 2. The molecular weight excluding hydrogens is 356 g/mol. The van der Waals surface area contributed by atoms with Gasteiger partial charge in [0, 0.05) is 13.0 Å². The van der Waals surface area contributed by atoms with Gasteiger partial charge in [-0.15, -0.1) is 0 Å². The average molecular weight is 382 g/mol. The second kappa shape index (κ2) is 8.44. The molecule has 2 aromatic rings. The fourth-order valence-electron chi connectivity index (χ4n) is 3.17. The van der Waals surface area contributed by atoms with Gasteiger partial charge in [-0.1, -0.05) is 29.8 Å². The minimum absolute atomic E-state index is 0.100. The Balaban J connectivity index is 1.96. The quantitative estimate of drug-likeness (QED) is 0.719. The maximum atomic E-state index is 13.2. The maximum absolute atomic E-state index is 13.2. The molecule has 0 aliphatic carbocycles. The molecule has 0 radical (unpaired) electrons. The smallest absolute Gasteiger partial charge is 0.337 e. The molecule has 6 nitrogen and oxygen atoms in total. The van der Waals surface area contributed by atoms with Crippen LogP contribution in [0, 0.1) is 6.92 Å². The molecule has 1 aliphatic rings. The molecule has 1 unspecified atom stereocenters. The lowest BCUT2D eigenvalue weighted by Gasteiger charge is -2.35. The van der Waals surface area contributed by atoms with Crippen LogP contribution in [0.4, 0.5) is 5.69 Å². The van der Waals surface area contributed by atoms with E-state index in [-0.39, 0.29) is 5.91 Å². The second-order valence-corrected chi connectivity index (χ2v) is 7.28. The molecular formula is C22H26N2O4. The normalized spacial score (nSPS) is 16.0. The fourth-order valence-corrected chi connectivity index (χ4v) is 3.17. The lowest BCUT2D eigenvalue weighted by molar-refractivity contribution is -0.126. The zero-order valence-electron chi connectivity index (χ0n) is 16.8. The Bertz CT molecular complexity index is 861. The number of ether oxygens (including phenoxy) is 2. The number of methoxy groups -OCH3 is 1. The summed E-state index contributed by atoms with van der Waals surface area (Å²) in [5.74, 6) is 0.0559. The predicted molar refractivity (Wildman–Crippen MR) is 108 cm³/mol. The number of hydrogen-bond donors (Lipinski definition) is 0. The van der Waals surface area contributed by atoms with Crippen molar-refractivity contribution in [1.82, 2.24) is 4.90 Å². The Morgan fingerprint density at radius 3 is 2.54 bits per heavy atom. The standard InChI is InChI=1S/C22H26N2O4/c1-15-5-7-16(8-6-15)14-24-18-13-17(22(26)27-4)9-10-19(18)28-20(21(24)25)11-12-23(2)3/h5-10,13,20H,11-12,14H2,1-4H3. The minimum atomic E-state index is -0.552. The lowest BCUT2D eigenvalue weighted by Crippen LogP contribution is -2.46. The van der Waals surface area contributed by atoms with E-state index < -0.39 is 12.1 Å². The molecule has 1 amide bonds. The van der Waals surface area contributed by atoms with Gasteiger partial charge in [-0.25, -0.2) is 4.79 Å². The van der Waals surface area contributed by atoms with E-state index in [0.29, 0.717) is 30.0 Å². The summed E-state index contributed by atoms with van der Waals surface area (Å²) >= 11 is 0. The largest absolute Gasteiger partial charge is 0.478 e. The maximum Gasteiger partial charge on any atom is 0.337 e. The Morgan fingerprint density at radius 2 is 1.89 bits per heavy atom. The summed E-state index contributed by atoms with van der Waals surface area (Å²) in [5.41, 5.74) is 3.16. The Labute approximate surface area is 165 Å². The molecule has 0 saturated carbocycles. The highest BCUT2D eigenvalue weighted by molar-refractivity contribution is 6.01. The first-order valence-electron chi connectivity index (χ1n) is 9.29. The highest BCUT2D eigenvalue weighted by Crippen LogP contribution is 2.37. The van der Waals surface area contributed by atoms with Crippen LogP contribution < -0.4 is 9.64 Å². The third-order valence-corrected chi connectivity index (χ3v) is 4.78. The fraction of sp³-hybridized carbons (Fsp3) is 0.364. The summed E-state index contributed by atoms with van der Waals surface area (Å²) in [6.07, 6.45) is 0.0401. The highest BCUT2D eigenvalue weighted by atomic mass is 16.5. The summed E-state index contributed by atoms with van der Waals surface area (Å²) in [6.45, 7) is 3.18. The topological polar surface area (TPSA) is 59.1 Å². The van der Waals surface area contributed by atoms with Gasteiger partial charge in [0.2, 0.25) is 0 Å². The molecule has 1 heterocycles. The van der Waals surface area contributed by atoms with Crippen molar-refractivity contribution in [2.24, 2.45) is 0 Å². The summed E-state index contributed by atoms with van der Waals surface area (Å²) in [7, 11) is 5.27. The number of fused-ring (bicyclic) bond motifs is 1. The second-order valence-electron chi connectivity index (χ2n) is 7.28. The molecule has 6 heteroatoms. The van der Waals surface area contributed by atoms with E-state index in [1.807, 2.05) is 50.2 Å². The van der Waals surface area contributed by atoms with Crippen LogP contribution in [0.15, 0.2) is 42.5 Å². The SMILES string of the molecule is COC(=O)c1ccc2c(c1)N(Cc1ccc(C)cc1)C(=O)C(CCN(C)C)O2. The summed E-state index contributed by atoms with van der Waals surface area (Å²) < 4.78 is 10.8. The van der Waals surface area contributed by atoms with Gasteiger partial charge in [0.05, 0.1) is 24.9 Å². The van der Waals surface area contributed by atoms with Gasteiger partial charge in [0.25, 0.3) is 5.91 Å². The first kappa shape index (κ1) is 19.9. The molecule has 1 aliphatic heterocycles. The van der Waals surface area contributed by atoms with Gasteiger partial charge in [0.15, 0.2) is 6.10 Å². The number of anilines is 1. The van der Waals surface area contributed by atoms with Crippen molar-refractivity contribution in [1.29, 1.82) is 0 Å². The molecule has 0 fully saturated rings. The number of amides is 1. The summed E-state index contributed by atoms with van der Waals surface area (Å²) in [5, 5.41) is 0. The van der Waals surface area contributed by atoms with Crippen molar-refractivity contribution in [2.75, 3.05) is 32.6 Å². The van der Waals surface area contributed by atoms with Gasteiger partial charge >= 0.3 is 5.97 Å². The van der Waals surface area contributed by atoms with Crippen LogP contribution in [0.3, 0.4) is 0 Å². The number of rotatable bonds is 6. The average Bonchev–Trinajstić information content (AvgIpc) is 2.69. The first-order chi connectivity index (χ1) is 13.4. The molecule has 28 heavy (non-hydrogen) atoms. The minimum Gasteiger partial charge on any atom is -0.478 e. The summed E-state index contributed by atoms with van der Waals surface area (Å²) in [4.78, 5) is 28.9. The van der Waals surface area contributed by atoms with Gasteiger partial charge in [-0.2, -0.15) is 0 Å². The molecule has 0 N–H and O–H groups in total. The number of nitrogens with zero attached hydrogens (tertiary/aromatic N) is 2. The Hall–Kier alpha value is -2.86. The number of aryl methyl sites for hydroxylation is 1. The van der Waals surface area contributed by atoms with E-state index in [9.17, 15) is 9.59 Å². The first-order valence-corrected chi connectivity index (χ1v) is 9.29. The van der Waals surface area contributed by atoms with Crippen LogP contribution in [0.5, 0.6) is 5.75 Å². The van der Waals surface area contributed by atoms with E-state index in [2.05, 4.69) is 0 Å². The molecule has 148 valence electrons. The van der Waals surface area contributed by atoms with Crippen LogP contribution in [0.2, 0.25) is 0 Å². The number of esters is 1. The van der Waals surface area contributed by atoms with Gasteiger partial charge in [-0.3, -0.25) is 4.79 Å². The van der Waals surface area contributed by atoms with Crippen molar-refractivity contribution < 1.29 is 19.1 Å². The van der Waals surface area contributed by atoms with Gasteiger partial charge in [-0.05, 0) is 44.8 Å².